The third-order valence-corrected chi connectivity index (χ3v) is 3.09. The number of fused-ring (bicyclic) bond motifs is 1. The molecule has 1 aliphatic heterocycles. The van der Waals surface area contributed by atoms with Crippen molar-refractivity contribution in [3.63, 3.8) is 0 Å². The number of methoxy groups -OCH3 is 1. The highest BCUT2D eigenvalue weighted by Crippen LogP contribution is 2.32. The van der Waals surface area contributed by atoms with Crippen LogP contribution in [0, 0.1) is 0 Å². The van der Waals surface area contributed by atoms with Gasteiger partial charge < -0.3 is 14.4 Å². The number of nitrogens with one attached hydrogen (secondary N) is 1. The zero-order valence-electron chi connectivity index (χ0n) is 8.79. The third kappa shape index (κ3) is 2.21. The van der Waals surface area contributed by atoms with Crippen LogP contribution in [0.5, 0.6) is 0 Å². The van der Waals surface area contributed by atoms with Crippen molar-refractivity contribution in [2.24, 2.45) is 0 Å². The molecule has 17 heavy (non-hydrogen) atoms. The molecule has 0 aliphatic carbocycles. The molecule has 0 aromatic heterocycles. The minimum atomic E-state index is -1.10. The van der Waals surface area contributed by atoms with Crippen molar-refractivity contribution in [3.8, 4) is 0 Å². The van der Waals surface area contributed by atoms with Crippen LogP contribution in [-0.2, 0) is 16.0 Å². The van der Waals surface area contributed by atoms with E-state index in [2.05, 4.69) is 10.1 Å². The van der Waals surface area contributed by atoms with Crippen molar-refractivity contribution >= 4 is 47.6 Å². The maximum atomic E-state index is 11.1. The molecule has 5 nitrogen and oxygen atoms in total. The summed E-state index contributed by atoms with van der Waals surface area (Å²) >= 11 is 12.0. The topological polar surface area (TPSA) is 67.8 Å². The van der Waals surface area contributed by atoms with Crippen molar-refractivity contribution in [3.05, 3.63) is 21.7 Å². The van der Waals surface area contributed by atoms with Crippen LogP contribution in [0.3, 0.4) is 0 Å². The number of amides is 1. The van der Waals surface area contributed by atoms with Gasteiger partial charge in [0.15, 0.2) is 0 Å². The van der Waals surface area contributed by atoms with Gasteiger partial charge in [-0.15, -0.1) is 0 Å². The molecule has 8 heteroatoms. The zero-order valence-corrected chi connectivity index (χ0v) is 10.3. The number of hydrogen-bond acceptors (Lipinski definition) is 4. The molecule has 2 rings (SSSR count). The largest absolute Gasteiger partial charge is 0.493 e. The second-order valence-corrected chi connectivity index (χ2v) is 4.19. The predicted molar refractivity (Wildman–Crippen MR) is 64.9 cm³/mol. The van der Waals surface area contributed by atoms with Crippen LogP contribution >= 0.6 is 23.2 Å². The fourth-order valence-electron chi connectivity index (χ4n) is 1.59. The highest BCUT2D eigenvalue weighted by molar-refractivity contribution is 6.66. The first-order valence-electron chi connectivity index (χ1n) is 4.70. The summed E-state index contributed by atoms with van der Waals surface area (Å²) in [5.41, 5.74) is 1.31. The summed E-state index contributed by atoms with van der Waals surface area (Å²) in [5, 5.41) is 12.4. The van der Waals surface area contributed by atoms with E-state index in [1.807, 2.05) is 0 Å². The van der Waals surface area contributed by atoms with Crippen molar-refractivity contribution in [2.75, 3.05) is 12.4 Å². The van der Waals surface area contributed by atoms with Crippen LogP contribution in [-0.4, -0.2) is 25.3 Å². The summed E-state index contributed by atoms with van der Waals surface area (Å²) in [6.07, 6.45) is -0.692. The molecule has 0 spiro atoms. The third-order valence-electron chi connectivity index (χ3n) is 2.40. The fourth-order valence-corrected chi connectivity index (χ4v) is 2.28. The number of benzene rings is 1. The van der Waals surface area contributed by atoms with Gasteiger partial charge in [-0.2, -0.15) is 0 Å². The number of carbonyl (C=O) groups excluding carboxylic acids is 1. The van der Waals surface area contributed by atoms with Gasteiger partial charge in [-0.3, -0.25) is 5.32 Å². The molecule has 1 amide bonds. The Hall–Kier alpha value is -0.945. The lowest BCUT2D eigenvalue weighted by molar-refractivity contribution is 0.187. The van der Waals surface area contributed by atoms with Gasteiger partial charge >= 0.3 is 13.2 Å². The zero-order chi connectivity index (χ0) is 12.6. The van der Waals surface area contributed by atoms with Gasteiger partial charge in [0.1, 0.15) is 0 Å². The number of ether oxygens (including phenoxy) is 1. The van der Waals surface area contributed by atoms with Crippen molar-refractivity contribution in [1.82, 2.24) is 0 Å². The number of halogens is 2. The van der Waals surface area contributed by atoms with Crippen LogP contribution in [0.15, 0.2) is 6.07 Å². The maximum absolute atomic E-state index is 11.1. The van der Waals surface area contributed by atoms with Gasteiger partial charge in [0, 0.05) is 5.46 Å². The van der Waals surface area contributed by atoms with Crippen LogP contribution in [0.25, 0.3) is 0 Å². The summed E-state index contributed by atoms with van der Waals surface area (Å²) in [5.74, 6) is 0. The Morgan fingerprint density at radius 2 is 2.35 bits per heavy atom. The van der Waals surface area contributed by atoms with E-state index in [-0.39, 0.29) is 22.3 Å². The molecular formula is C9H8BCl2NO4. The summed E-state index contributed by atoms with van der Waals surface area (Å²) in [4.78, 5) is 11.1. The van der Waals surface area contributed by atoms with Gasteiger partial charge in [-0.05, 0) is 11.6 Å². The molecule has 2 N–H and O–H groups in total. The molecule has 0 bridgehead atoms. The van der Waals surface area contributed by atoms with Crippen LogP contribution in [0.4, 0.5) is 10.5 Å². The molecule has 1 aromatic carbocycles. The smallest absolute Gasteiger partial charge is 0.453 e. The van der Waals surface area contributed by atoms with E-state index in [1.165, 1.54) is 7.11 Å². The first kappa shape index (κ1) is 12.5. The quantitative estimate of drug-likeness (QED) is 0.760. The normalized spacial score (nSPS) is 13.5. The van der Waals surface area contributed by atoms with E-state index in [0.717, 1.165) is 0 Å². The minimum absolute atomic E-state index is 0.155. The van der Waals surface area contributed by atoms with Crippen LogP contribution in [0.2, 0.25) is 10.0 Å². The molecule has 0 unspecified atom stereocenters. The average Bonchev–Trinajstić information content (AvgIpc) is 2.65. The first-order valence-corrected chi connectivity index (χ1v) is 5.45. The van der Waals surface area contributed by atoms with Gasteiger partial charge in [-0.25, -0.2) is 4.79 Å². The van der Waals surface area contributed by atoms with E-state index in [0.29, 0.717) is 11.0 Å². The number of anilines is 1. The van der Waals surface area contributed by atoms with Gasteiger partial charge in [0.05, 0.1) is 29.4 Å². The van der Waals surface area contributed by atoms with Crippen LogP contribution in [0.1, 0.15) is 5.56 Å². The van der Waals surface area contributed by atoms with Gasteiger partial charge in [0.25, 0.3) is 0 Å². The van der Waals surface area contributed by atoms with Crippen molar-refractivity contribution < 1.29 is 19.2 Å². The van der Waals surface area contributed by atoms with E-state index in [4.69, 9.17) is 27.9 Å². The summed E-state index contributed by atoms with van der Waals surface area (Å²) in [7, 11) is 0.121. The monoisotopic (exact) mass is 275 g/mol. The Morgan fingerprint density at radius 1 is 1.65 bits per heavy atom. The molecule has 0 saturated carbocycles. The standard InChI is InChI=1S/C9H8BCl2NO4/c1-16-9(14)13-8-5(11)2-4-3-17-10(15)6(4)7(8)12/h2,15H,3H2,1H3,(H,13,14). The number of hydrogen-bond donors (Lipinski definition) is 2. The maximum Gasteiger partial charge on any atom is 0.493 e. The molecule has 1 aliphatic rings. The Bertz CT molecular complexity index is 483. The van der Waals surface area contributed by atoms with E-state index in [9.17, 15) is 9.82 Å². The van der Waals surface area contributed by atoms with Gasteiger partial charge in [-0.1, -0.05) is 23.2 Å². The summed E-state index contributed by atoms with van der Waals surface area (Å²) in [6.45, 7) is 0.231. The first-order chi connectivity index (χ1) is 8.04. The fraction of sp³-hybridized carbons (Fsp3) is 0.222. The Morgan fingerprint density at radius 3 is 3.00 bits per heavy atom. The predicted octanol–water partition coefficient (Wildman–Crippen LogP) is 1.39. The van der Waals surface area contributed by atoms with E-state index >= 15 is 0 Å². The Balaban J connectivity index is 2.46. The summed E-state index contributed by atoms with van der Waals surface area (Å²) < 4.78 is 9.46. The number of carbonyl (C=O) groups is 1. The lowest BCUT2D eigenvalue weighted by Crippen LogP contribution is -2.30. The highest BCUT2D eigenvalue weighted by Gasteiger charge is 2.32. The SMILES string of the molecule is COC(=O)Nc1c(Cl)cc2c(c1Cl)B(O)OC2. The van der Waals surface area contributed by atoms with E-state index < -0.39 is 13.2 Å². The number of rotatable bonds is 1. The molecule has 90 valence electrons. The Labute approximate surface area is 108 Å². The molecule has 1 heterocycles. The van der Waals surface area contributed by atoms with Gasteiger partial charge in [0.2, 0.25) is 0 Å². The second kappa shape index (κ2) is 4.74. The minimum Gasteiger partial charge on any atom is -0.453 e. The highest BCUT2D eigenvalue weighted by atomic mass is 35.5. The lowest BCUT2D eigenvalue weighted by Gasteiger charge is -2.11. The second-order valence-electron chi connectivity index (χ2n) is 3.40. The molecule has 0 fully saturated rings. The average molecular weight is 276 g/mol. The molecule has 0 atom stereocenters. The van der Waals surface area contributed by atoms with E-state index in [1.54, 1.807) is 6.07 Å². The molecule has 0 radical (unpaired) electrons. The molecular weight excluding hydrogens is 268 g/mol. The molecule has 1 aromatic rings. The van der Waals surface area contributed by atoms with Crippen molar-refractivity contribution in [2.45, 2.75) is 6.61 Å². The van der Waals surface area contributed by atoms with Crippen LogP contribution < -0.4 is 10.8 Å². The molecule has 0 saturated heterocycles. The Kier molecular flexibility index (Phi) is 3.49. The van der Waals surface area contributed by atoms with Crippen molar-refractivity contribution in [1.29, 1.82) is 0 Å². The summed E-state index contributed by atoms with van der Waals surface area (Å²) in [6, 6.07) is 1.59. The lowest BCUT2D eigenvalue weighted by atomic mass is 9.79.